The molecular formula is C16H14N2OS. The van der Waals surface area contributed by atoms with Crippen LogP contribution in [0.4, 0.5) is 5.00 Å². The molecule has 0 radical (unpaired) electrons. The van der Waals surface area contributed by atoms with Crippen LogP contribution in [0, 0.1) is 0 Å². The van der Waals surface area contributed by atoms with E-state index in [1.54, 1.807) is 17.6 Å². The van der Waals surface area contributed by atoms with Crippen LogP contribution in [0.25, 0.3) is 10.8 Å². The Morgan fingerprint density at radius 3 is 2.85 bits per heavy atom. The molecule has 0 N–H and O–H groups in total. The van der Waals surface area contributed by atoms with Crippen LogP contribution in [0.3, 0.4) is 0 Å². The van der Waals surface area contributed by atoms with Crippen molar-refractivity contribution in [3.63, 3.8) is 0 Å². The molecule has 1 aromatic carbocycles. The van der Waals surface area contributed by atoms with Gasteiger partial charge in [-0.05, 0) is 29.7 Å². The van der Waals surface area contributed by atoms with Gasteiger partial charge in [0.05, 0.1) is 12.5 Å². The normalized spacial score (nSPS) is 14.3. The predicted octanol–water partition coefficient (Wildman–Crippen LogP) is 3.97. The molecule has 0 saturated carbocycles. The molecule has 1 aliphatic rings. The number of anilines is 1. The molecule has 0 aliphatic carbocycles. The molecule has 0 atom stereocenters. The second-order valence-electron chi connectivity index (χ2n) is 4.92. The van der Waals surface area contributed by atoms with Crippen LogP contribution in [0.15, 0.2) is 53.3 Å². The minimum atomic E-state index is 0.846. The highest BCUT2D eigenvalue weighted by Crippen LogP contribution is 2.33. The highest BCUT2D eigenvalue weighted by molar-refractivity contribution is 7.18. The van der Waals surface area contributed by atoms with Crippen molar-refractivity contribution in [3.8, 4) is 10.8 Å². The van der Waals surface area contributed by atoms with E-state index in [9.17, 15) is 0 Å². The molecule has 3 aromatic rings. The maximum Gasteiger partial charge on any atom is 0.162 e. The van der Waals surface area contributed by atoms with E-state index in [1.165, 1.54) is 16.1 Å². The maximum atomic E-state index is 5.41. The fraction of sp³-hybridized carbons (Fsp3) is 0.188. The molecule has 1 aliphatic heterocycles. The third-order valence-corrected chi connectivity index (χ3v) is 4.74. The number of hydrogen-bond donors (Lipinski definition) is 0. The molecule has 0 spiro atoms. The van der Waals surface area contributed by atoms with Crippen LogP contribution in [-0.4, -0.2) is 11.5 Å². The summed E-state index contributed by atoms with van der Waals surface area (Å²) in [5.41, 5.74) is 2.89. The van der Waals surface area contributed by atoms with Crippen LogP contribution >= 0.6 is 11.3 Å². The number of nitrogens with zero attached hydrogens (tertiary/aromatic N) is 2. The summed E-state index contributed by atoms with van der Waals surface area (Å²) < 4.78 is 5.41. The molecule has 3 nitrogen and oxygen atoms in total. The molecule has 4 heteroatoms. The summed E-state index contributed by atoms with van der Waals surface area (Å²) in [5.74, 6) is 0.846. The lowest BCUT2D eigenvalue weighted by molar-refractivity contribution is 0.582. The number of benzene rings is 1. The third-order valence-electron chi connectivity index (χ3n) is 3.67. The Bertz CT molecular complexity index is 718. The SMILES string of the molecule is c1coc(-c2ncc(N3CCc4ccccc4C3)s2)c1. The van der Waals surface area contributed by atoms with Gasteiger partial charge >= 0.3 is 0 Å². The molecule has 0 unspecified atom stereocenters. The molecule has 20 heavy (non-hydrogen) atoms. The number of hydrogen-bond acceptors (Lipinski definition) is 4. The first-order valence-electron chi connectivity index (χ1n) is 6.71. The number of fused-ring (bicyclic) bond motifs is 1. The smallest absolute Gasteiger partial charge is 0.162 e. The Morgan fingerprint density at radius 2 is 2.00 bits per heavy atom. The van der Waals surface area contributed by atoms with Crippen LogP contribution in [0.1, 0.15) is 11.1 Å². The van der Waals surface area contributed by atoms with Gasteiger partial charge in [0.15, 0.2) is 10.8 Å². The van der Waals surface area contributed by atoms with E-state index in [2.05, 4.69) is 34.1 Å². The number of rotatable bonds is 2. The van der Waals surface area contributed by atoms with Gasteiger partial charge in [-0.3, -0.25) is 0 Å². The van der Waals surface area contributed by atoms with Crippen LogP contribution in [0.2, 0.25) is 0 Å². The first kappa shape index (κ1) is 11.7. The lowest BCUT2D eigenvalue weighted by Gasteiger charge is -2.28. The van der Waals surface area contributed by atoms with E-state index in [0.29, 0.717) is 0 Å². The molecule has 3 heterocycles. The molecule has 100 valence electrons. The zero-order valence-corrected chi connectivity index (χ0v) is 11.8. The monoisotopic (exact) mass is 282 g/mol. The third kappa shape index (κ3) is 2.02. The van der Waals surface area contributed by atoms with Gasteiger partial charge in [0.2, 0.25) is 0 Å². The molecule has 4 rings (SSSR count). The van der Waals surface area contributed by atoms with Gasteiger partial charge in [0.1, 0.15) is 5.00 Å². The van der Waals surface area contributed by atoms with Crippen molar-refractivity contribution in [2.75, 3.05) is 11.4 Å². The summed E-state index contributed by atoms with van der Waals surface area (Å²) >= 11 is 1.69. The van der Waals surface area contributed by atoms with Gasteiger partial charge in [0.25, 0.3) is 0 Å². The highest BCUT2D eigenvalue weighted by atomic mass is 32.1. The second kappa shape index (κ2) is 4.80. The van der Waals surface area contributed by atoms with Crippen molar-refractivity contribution in [2.45, 2.75) is 13.0 Å². The Hall–Kier alpha value is -2.07. The Balaban J connectivity index is 1.60. The molecule has 2 aromatic heterocycles. The molecular weight excluding hydrogens is 268 g/mol. The minimum Gasteiger partial charge on any atom is -0.462 e. The van der Waals surface area contributed by atoms with Crippen molar-refractivity contribution in [1.82, 2.24) is 4.98 Å². The van der Waals surface area contributed by atoms with E-state index in [1.807, 2.05) is 18.3 Å². The van der Waals surface area contributed by atoms with Crippen molar-refractivity contribution in [1.29, 1.82) is 0 Å². The quantitative estimate of drug-likeness (QED) is 0.712. The minimum absolute atomic E-state index is 0.846. The molecule has 0 bridgehead atoms. The summed E-state index contributed by atoms with van der Waals surface area (Å²) in [7, 11) is 0. The van der Waals surface area contributed by atoms with Crippen molar-refractivity contribution >= 4 is 16.3 Å². The van der Waals surface area contributed by atoms with Crippen molar-refractivity contribution in [3.05, 3.63) is 60.0 Å². The maximum absolute atomic E-state index is 5.41. The largest absolute Gasteiger partial charge is 0.462 e. The average Bonchev–Trinajstić information content (AvgIpc) is 3.17. The van der Waals surface area contributed by atoms with Crippen LogP contribution in [-0.2, 0) is 13.0 Å². The summed E-state index contributed by atoms with van der Waals surface area (Å²) in [6.45, 7) is 2.02. The van der Waals surface area contributed by atoms with Crippen LogP contribution < -0.4 is 4.90 Å². The van der Waals surface area contributed by atoms with E-state index < -0.39 is 0 Å². The first-order valence-corrected chi connectivity index (χ1v) is 7.53. The van der Waals surface area contributed by atoms with Gasteiger partial charge in [-0.25, -0.2) is 4.98 Å². The summed E-state index contributed by atoms with van der Waals surface area (Å²) in [6.07, 6.45) is 4.74. The van der Waals surface area contributed by atoms with E-state index >= 15 is 0 Å². The van der Waals surface area contributed by atoms with Crippen molar-refractivity contribution in [2.24, 2.45) is 0 Å². The number of thiazole rings is 1. The molecule has 0 fully saturated rings. The lowest BCUT2D eigenvalue weighted by atomic mass is 10.0. The van der Waals surface area contributed by atoms with E-state index in [4.69, 9.17) is 4.42 Å². The van der Waals surface area contributed by atoms with Gasteiger partial charge in [0, 0.05) is 13.1 Å². The fourth-order valence-electron chi connectivity index (χ4n) is 2.61. The Morgan fingerprint density at radius 1 is 1.10 bits per heavy atom. The van der Waals surface area contributed by atoms with Gasteiger partial charge in [-0.2, -0.15) is 0 Å². The Labute approximate surface area is 121 Å². The van der Waals surface area contributed by atoms with E-state index in [0.717, 1.165) is 30.3 Å². The van der Waals surface area contributed by atoms with Gasteiger partial charge < -0.3 is 9.32 Å². The summed E-state index contributed by atoms with van der Waals surface area (Å²) in [6, 6.07) is 12.5. The molecule has 0 amide bonds. The first-order chi connectivity index (χ1) is 9.90. The second-order valence-corrected chi connectivity index (χ2v) is 5.93. The molecule has 0 saturated heterocycles. The van der Waals surface area contributed by atoms with Crippen LogP contribution in [0.5, 0.6) is 0 Å². The predicted molar refractivity (Wildman–Crippen MR) is 81.0 cm³/mol. The highest BCUT2D eigenvalue weighted by Gasteiger charge is 2.18. The Kier molecular flexibility index (Phi) is 2.81. The van der Waals surface area contributed by atoms with Gasteiger partial charge in [-0.15, -0.1) is 0 Å². The zero-order chi connectivity index (χ0) is 13.4. The lowest BCUT2D eigenvalue weighted by Crippen LogP contribution is -2.29. The topological polar surface area (TPSA) is 29.3 Å². The fourth-order valence-corrected chi connectivity index (χ4v) is 3.52. The number of furan rings is 1. The standard InChI is InChI=1S/C16H14N2OS/c1-2-5-13-11-18(8-7-12(13)4-1)15-10-17-16(20-15)14-6-3-9-19-14/h1-6,9-10H,7-8,11H2. The summed E-state index contributed by atoms with van der Waals surface area (Å²) in [4.78, 5) is 6.87. The summed E-state index contributed by atoms with van der Waals surface area (Å²) in [5, 5.41) is 2.16. The van der Waals surface area contributed by atoms with Crippen molar-refractivity contribution < 1.29 is 4.42 Å². The van der Waals surface area contributed by atoms with Gasteiger partial charge in [-0.1, -0.05) is 35.6 Å². The average molecular weight is 282 g/mol. The zero-order valence-electron chi connectivity index (χ0n) is 11.0. The van der Waals surface area contributed by atoms with E-state index in [-0.39, 0.29) is 0 Å². The number of aromatic nitrogens is 1.